The Hall–Kier alpha value is -1.14. The lowest BCUT2D eigenvalue weighted by molar-refractivity contribution is -0.385. The molecule has 86 valence electrons. The Morgan fingerprint density at radius 1 is 1.56 bits per heavy atom. The molecule has 0 spiro atoms. The number of nitro benzene ring substituents is 1. The van der Waals surface area contributed by atoms with E-state index >= 15 is 0 Å². The molecule has 1 aromatic rings. The number of nitrogens with zero attached hydrogens (tertiary/aromatic N) is 1. The summed E-state index contributed by atoms with van der Waals surface area (Å²) in [5, 5.41) is 10.6. The monoisotopic (exact) mass is 286 g/mol. The summed E-state index contributed by atoms with van der Waals surface area (Å²) >= 11 is 3.28. The van der Waals surface area contributed by atoms with E-state index in [4.69, 9.17) is 10.5 Å². The van der Waals surface area contributed by atoms with Crippen molar-refractivity contribution in [2.24, 2.45) is 5.73 Å². The SMILES string of the molecule is NC1(COc2cc([N+](=O)[O-])ccc2Br)CC1. The van der Waals surface area contributed by atoms with Gasteiger partial charge in [0.2, 0.25) is 0 Å². The number of benzene rings is 1. The molecule has 1 saturated carbocycles. The number of nitrogens with two attached hydrogens (primary N) is 1. The molecule has 0 heterocycles. The third kappa shape index (κ3) is 2.51. The number of non-ortho nitro benzene ring substituents is 1. The van der Waals surface area contributed by atoms with E-state index in [0.717, 1.165) is 12.8 Å². The van der Waals surface area contributed by atoms with E-state index in [-0.39, 0.29) is 11.2 Å². The minimum atomic E-state index is -0.450. The van der Waals surface area contributed by atoms with E-state index in [1.807, 2.05) is 0 Å². The summed E-state index contributed by atoms with van der Waals surface area (Å²) in [6.45, 7) is 0.396. The van der Waals surface area contributed by atoms with Gasteiger partial charge < -0.3 is 10.5 Å². The Labute approximate surface area is 101 Å². The van der Waals surface area contributed by atoms with Crippen molar-refractivity contribution in [3.05, 3.63) is 32.8 Å². The maximum atomic E-state index is 10.6. The zero-order valence-corrected chi connectivity index (χ0v) is 10.1. The highest BCUT2D eigenvalue weighted by Gasteiger charge is 2.39. The minimum Gasteiger partial charge on any atom is -0.490 e. The second-order valence-electron chi connectivity index (χ2n) is 4.02. The number of hydrogen-bond donors (Lipinski definition) is 1. The van der Waals surface area contributed by atoms with Crippen LogP contribution in [0.1, 0.15) is 12.8 Å². The lowest BCUT2D eigenvalue weighted by Gasteiger charge is -2.12. The molecule has 16 heavy (non-hydrogen) atoms. The van der Waals surface area contributed by atoms with E-state index < -0.39 is 4.92 Å². The molecule has 0 amide bonds. The average Bonchev–Trinajstić information content (AvgIpc) is 2.95. The molecule has 1 aromatic carbocycles. The Morgan fingerprint density at radius 2 is 2.25 bits per heavy atom. The van der Waals surface area contributed by atoms with Crippen molar-refractivity contribution < 1.29 is 9.66 Å². The summed E-state index contributed by atoms with van der Waals surface area (Å²) in [6.07, 6.45) is 1.89. The molecule has 2 rings (SSSR count). The fourth-order valence-corrected chi connectivity index (χ4v) is 1.60. The molecule has 0 atom stereocenters. The third-order valence-electron chi connectivity index (χ3n) is 2.53. The van der Waals surface area contributed by atoms with Crippen LogP contribution in [0.4, 0.5) is 5.69 Å². The van der Waals surface area contributed by atoms with Gasteiger partial charge in [-0.1, -0.05) is 0 Å². The highest BCUT2D eigenvalue weighted by atomic mass is 79.9. The summed E-state index contributed by atoms with van der Waals surface area (Å²) in [6, 6.07) is 4.42. The number of rotatable bonds is 4. The highest BCUT2D eigenvalue weighted by molar-refractivity contribution is 9.10. The lowest BCUT2D eigenvalue weighted by Crippen LogP contribution is -2.29. The van der Waals surface area contributed by atoms with Crippen molar-refractivity contribution in [3.8, 4) is 5.75 Å². The second-order valence-corrected chi connectivity index (χ2v) is 4.88. The van der Waals surface area contributed by atoms with E-state index in [9.17, 15) is 10.1 Å². The maximum Gasteiger partial charge on any atom is 0.273 e. The third-order valence-corrected chi connectivity index (χ3v) is 3.19. The van der Waals surface area contributed by atoms with Crippen LogP contribution in [0.3, 0.4) is 0 Å². The summed E-state index contributed by atoms with van der Waals surface area (Å²) in [5.41, 5.74) is 5.65. The lowest BCUT2D eigenvalue weighted by atomic mass is 10.3. The molecule has 5 nitrogen and oxygen atoms in total. The smallest absolute Gasteiger partial charge is 0.273 e. The Balaban J connectivity index is 2.12. The van der Waals surface area contributed by atoms with Crippen LogP contribution in [0.25, 0.3) is 0 Å². The first kappa shape index (κ1) is 11.3. The largest absolute Gasteiger partial charge is 0.490 e. The molecule has 0 aliphatic heterocycles. The van der Waals surface area contributed by atoms with Gasteiger partial charge in [-0.05, 0) is 34.8 Å². The van der Waals surface area contributed by atoms with Gasteiger partial charge in [0.15, 0.2) is 0 Å². The number of hydrogen-bond acceptors (Lipinski definition) is 4. The van der Waals surface area contributed by atoms with Crippen LogP contribution in [0.5, 0.6) is 5.75 Å². The van der Waals surface area contributed by atoms with Gasteiger partial charge in [-0.15, -0.1) is 0 Å². The fourth-order valence-electron chi connectivity index (χ4n) is 1.24. The normalized spacial score (nSPS) is 16.9. The second kappa shape index (κ2) is 4.03. The van der Waals surface area contributed by atoms with Gasteiger partial charge in [0.05, 0.1) is 21.0 Å². The van der Waals surface area contributed by atoms with Gasteiger partial charge in [0.1, 0.15) is 12.4 Å². The summed E-state index contributed by atoms with van der Waals surface area (Å²) in [7, 11) is 0. The Kier molecular flexibility index (Phi) is 2.86. The van der Waals surface area contributed by atoms with Crippen molar-refractivity contribution in [2.75, 3.05) is 6.61 Å². The van der Waals surface area contributed by atoms with Crippen LogP contribution in [0.15, 0.2) is 22.7 Å². The first-order valence-corrected chi connectivity index (χ1v) is 5.65. The van der Waals surface area contributed by atoms with Crippen LogP contribution in [-0.4, -0.2) is 17.1 Å². The predicted molar refractivity (Wildman–Crippen MR) is 62.4 cm³/mol. The van der Waals surface area contributed by atoms with Crippen LogP contribution in [0.2, 0.25) is 0 Å². The van der Waals surface area contributed by atoms with E-state index in [2.05, 4.69) is 15.9 Å². The molecule has 1 fully saturated rings. The molecular formula is C10H11BrN2O3. The average molecular weight is 287 g/mol. The van der Waals surface area contributed by atoms with Gasteiger partial charge in [-0.2, -0.15) is 0 Å². The molecule has 0 bridgehead atoms. The molecule has 0 aromatic heterocycles. The molecule has 1 aliphatic carbocycles. The Morgan fingerprint density at radius 3 is 2.81 bits per heavy atom. The quantitative estimate of drug-likeness (QED) is 0.680. The van der Waals surface area contributed by atoms with Gasteiger partial charge in [-0.3, -0.25) is 10.1 Å². The van der Waals surface area contributed by atoms with Crippen LogP contribution in [0, 0.1) is 10.1 Å². The predicted octanol–water partition coefficient (Wildman–Crippen LogP) is 2.23. The molecular weight excluding hydrogens is 276 g/mol. The fraction of sp³-hybridized carbons (Fsp3) is 0.400. The van der Waals surface area contributed by atoms with Gasteiger partial charge in [0.25, 0.3) is 5.69 Å². The topological polar surface area (TPSA) is 78.4 Å². The standard InChI is InChI=1S/C10H11BrN2O3/c11-8-2-1-7(13(14)15)5-9(8)16-6-10(12)3-4-10/h1-2,5H,3-4,6,12H2. The zero-order chi connectivity index (χ0) is 11.8. The van der Waals surface area contributed by atoms with Gasteiger partial charge in [-0.25, -0.2) is 0 Å². The van der Waals surface area contributed by atoms with Crippen LogP contribution < -0.4 is 10.5 Å². The van der Waals surface area contributed by atoms with E-state index in [0.29, 0.717) is 16.8 Å². The minimum absolute atomic E-state index is 0.0140. The van der Waals surface area contributed by atoms with Crippen molar-refractivity contribution in [1.82, 2.24) is 0 Å². The number of nitro groups is 1. The van der Waals surface area contributed by atoms with E-state index in [1.165, 1.54) is 12.1 Å². The molecule has 6 heteroatoms. The summed E-state index contributed by atoms with van der Waals surface area (Å²) in [4.78, 5) is 10.1. The Bertz CT molecular complexity index is 432. The van der Waals surface area contributed by atoms with Crippen molar-refractivity contribution in [2.45, 2.75) is 18.4 Å². The molecule has 0 radical (unpaired) electrons. The summed E-state index contributed by atoms with van der Waals surface area (Å²) in [5.74, 6) is 0.464. The molecule has 1 aliphatic rings. The highest BCUT2D eigenvalue weighted by Crippen LogP contribution is 2.35. The molecule has 2 N–H and O–H groups in total. The van der Waals surface area contributed by atoms with Gasteiger partial charge >= 0.3 is 0 Å². The molecule has 0 unspecified atom stereocenters. The number of halogens is 1. The zero-order valence-electron chi connectivity index (χ0n) is 8.48. The number of ether oxygens (including phenoxy) is 1. The summed E-state index contributed by atoms with van der Waals surface area (Å²) < 4.78 is 6.17. The van der Waals surface area contributed by atoms with Crippen molar-refractivity contribution >= 4 is 21.6 Å². The first-order chi connectivity index (χ1) is 7.50. The first-order valence-electron chi connectivity index (χ1n) is 4.86. The van der Waals surface area contributed by atoms with Crippen LogP contribution >= 0.6 is 15.9 Å². The van der Waals surface area contributed by atoms with E-state index in [1.54, 1.807) is 6.07 Å². The van der Waals surface area contributed by atoms with Crippen molar-refractivity contribution in [1.29, 1.82) is 0 Å². The van der Waals surface area contributed by atoms with Crippen LogP contribution in [-0.2, 0) is 0 Å². The molecule has 0 saturated heterocycles. The maximum absolute atomic E-state index is 10.6. The van der Waals surface area contributed by atoms with Gasteiger partial charge in [0, 0.05) is 6.07 Å². The van der Waals surface area contributed by atoms with Crippen molar-refractivity contribution in [3.63, 3.8) is 0 Å².